The molecule has 0 aliphatic carbocycles. The smallest absolute Gasteiger partial charge is 0.227 e. The highest BCUT2D eigenvalue weighted by Gasteiger charge is 2.36. The molecule has 8 heteroatoms. The molecule has 1 N–H and O–H groups in total. The largest absolute Gasteiger partial charge is 0.352 e. The first-order chi connectivity index (χ1) is 14.4. The van der Waals surface area contributed by atoms with Crippen LogP contribution in [0.1, 0.15) is 24.8 Å². The minimum atomic E-state index is -0.832. The van der Waals surface area contributed by atoms with Gasteiger partial charge in [-0.05, 0) is 36.2 Å². The van der Waals surface area contributed by atoms with Gasteiger partial charge in [0.2, 0.25) is 17.7 Å². The van der Waals surface area contributed by atoms with E-state index in [2.05, 4.69) is 5.32 Å². The minimum Gasteiger partial charge on any atom is -0.352 e. The number of carbonyl (C=O) groups is 3. The molecule has 6 nitrogen and oxygen atoms in total. The van der Waals surface area contributed by atoms with Crippen molar-refractivity contribution < 1.29 is 23.2 Å². The van der Waals surface area contributed by atoms with Gasteiger partial charge in [-0.2, -0.15) is 0 Å². The predicted molar refractivity (Wildman–Crippen MR) is 107 cm³/mol. The summed E-state index contributed by atoms with van der Waals surface area (Å²) < 4.78 is 27.1. The van der Waals surface area contributed by atoms with Gasteiger partial charge in [0.15, 0.2) is 0 Å². The molecule has 2 saturated heterocycles. The number of hydrogen-bond acceptors (Lipinski definition) is 3. The molecule has 2 aliphatic rings. The standard InChI is InChI=1S/C22H21F2N3O3/c23-16-5-8-19(18(24)11-16)27-13-15(10-21(27)29)22(30)25-12-14-3-6-17(7-4-14)26-9-1-2-20(26)28/h3-8,11,15H,1-2,9-10,12-13H2,(H,25,30). The van der Waals surface area contributed by atoms with Gasteiger partial charge in [0.25, 0.3) is 0 Å². The van der Waals surface area contributed by atoms with Gasteiger partial charge >= 0.3 is 0 Å². The molecule has 1 atom stereocenters. The SMILES string of the molecule is O=C(NCc1ccc(N2CCCC2=O)cc1)C1CC(=O)N(c2ccc(F)cc2F)C1. The number of halogens is 2. The Morgan fingerprint density at radius 1 is 1.03 bits per heavy atom. The lowest BCUT2D eigenvalue weighted by Crippen LogP contribution is -2.32. The molecule has 0 aromatic heterocycles. The van der Waals surface area contributed by atoms with Gasteiger partial charge in [-0.15, -0.1) is 0 Å². The average molecular weight is 413 g/mol. The molecule has 4 rings (SSSR count). The summed E-state index contributed by atoms with van der Waals surface area (Å²) in [5.74, 6) is -2.72. The van der Waals surface area contributed by atoms with E-state index >= 15 is 0 Å². The fraction of sp³-hybridized carbons (Fsp3) is 0.318. The molecule has 0 saturated carbocycles. The molecular formula is C22H21F2N3O3. The van der Waals surface area contributed by atoms with E-state index in [0.717, 1.165) is 36.3 Å². The van der Waals surface area contributed by atoms with E-state index in [1.165, 1.54) is 11.0 Å². The number of anilines is 2. The molecule has 3 amide bonds. The molecule has 2 fully saturated rings. The third-order valence-electron chi connectivity index (χ3n) is 5.48. The van der Waals surface area contributed by atoms with E-state index in [1.54, 1.807) is 4.90 Å². The Morgan fingerprint density at radius 3 is 2.47 bits per heavy atom. The monoisotopic (exact) mass is 413 g/mol. The van der Waals surface area contributed by atoms with Crippen molar-refractivity contribution in [1.29, 1.82) is 0 Å². The van der Waals surface area contributed by atoms with E-state index < -0.39 is 17.6 Å². The second kappa shape index (κ2) is 8.22. The van der Waals surface area contributed by atoms with Crippen molar-refractivity contribution in [3.05, 3.63) is 59.7 Å². The van der Waals surface area contributed by atoms with E-state index in [1.807, 2.05) is 24.3 Å². The van der Waals surface area contributed by atoms with Crippen LogP contribution in [0.2, 0.25) is 0 Å². The fourth-order valence-corrected chi connectivity index (χ4v) is 3.86. The second-order valence-corrected chi connectivity index (χ2v) is 7.53. The maximum atomic E-state index is 14.0. The van der Waals surface area contributed by atoms with E-state index in [0.29, 0.717) is 6.42 Å². The van der Waals surface area contributed by atoms with Crippen LogP contribution in [-0.2, 0) is 20.9 Å². The number of carbonyl (C=O) groups excluding carboxylic acids is 3. The molecular weight excluding hydrogens is 392 g/mol. The third kappa shape index (κ3) is 4.03. The van der Waals surface area contributed by atoms with Crippen molar-refractivity contribution in [3.63, 3.8) is 0 Å². The summed E-state index contributed by atoms with van der Waals surface area (Å²) in [7, 11) is 0. The molecule has 2 aliphatic heterocycles. The quantitative estimate of drug-likeness (QED) is 0.820. The number of nitrogens with one attached hydrogen (secondary N) is 1. The molecule has 156 valence electrons. The second-order valence-electron chi connectivity index (χ2n) is 7.53. The number of hydrogen-bond donors (Lipinski definition) is 1. The molecule has 0 radical (unpaired) electrons. The molecule has 0 spiro atoms. The van der Waals surface area contributed by atoms with Gasteiger partial charge in [0, 0.05) is 44.2 Å². The lowest BCUT2D eigenvalue weighted by atomic mass is 10.1. The topological polar surface area (TPSA) is 69.7 Å². The first-order valence-corrected chi connectivity index (χ1v) is 9.85. The summed E-state index contributed by atoms with van der Waals surface area (Å²) in [6.45, 7) is 1.04. The zero-order valence-electron chi connectivity index (χ0n) is 16.2. The molecule has 0 bridgehead atoms. The summed E-state index contributed by atoms with van der Waals surface area (Å²) in [6, 6.07) is 10.4. The third-order valence-corrected chi connectivity index (χ3v) is 5.48. The van der Waals surface area contributed by atoms with Crippen LogP contribution in [0.4, 0.5) is 20.2 Å². The Labute approximate surface area is 172 Å². The van der Waals surface area contributed by atoms with Crippen LogP contribution in [0.25, 0.3) is 0 Å². The van der Waals surface area contributed by atoms with Crippen LogP contribution in [0.5, 0.6) is 0 Å². The Morgan fingerprint density at radius 2 is 1.80 bits per heavy atom. The minimum absolute atomic E-state index is 0.0243. The highest BCUT2D eigenvalue weighted by Crippen LogP contribution is 2.28. The van der Waals surface area contributed by atoms with E-state index in [4.69, 9.17) is 0 Å². The van der Waals surface area contributed by atoms with Crippen LogP contribution >= 0.6 is 0 Å². The Kier molecular flexibility index (Phi) is 5.48. The summed E-state index contributed by atoms with van der Waals surface area (Å²) in [5.41, 5.74) is 1.68. The van der Waals surface area contributed by atoms with Crippen molar-refractivity contribution in [3.8, 4) is 0 Å². The van der Waals surface area contributed by atoms with Crippen LogP contribution in [0.15, 0.2) is 42.5 Å². The van der Waals surface area contributed by atoms with Gasteiger partial charge < -0.3 is 15.1 Å². The summed E-state index contributed by atoms with van der Waals surface area (Å²) in [4.78, 5) is 39.5. The molecule has 1 unspecified atom stereocenters. The van der Waals surface area contributed by atoms with Crippen LogP contribution < -0.4 is 15.1 Å². The lowest BCUT2D eigenvalue weighted by molar-refractivity contribution is -0.126. The number of amides is 3. The van der Waals surface area contributed by atoms with Crippen LogP contribution in [-0.4, -0.2) is 30.8 Å². The molecule has 2 aromatic rings. The molecule has 2 heterocycles. The zero-order valence-corrected chi connectivity index (χ0v) is 16.2. The van der Waals surface area contributed by atoms with Crippen molar-refractivity contribution in [2.24, 2.45) is 5.92 Å². The van der Waals surface area contributed by atoms with E-state index in [-0.39, 0.29) is 42.9 Å². The zero-order chi connectivity index (χ0) is 21.3. The first-order valence-electron chi connectivity index (χ1n) is 9.85. The van der Waals surface area contributed by atoms with Gasteiger partial charge in [0.1, 0.15) is 11.6 Å². The predicted octanol–water partition coefficient (Wildman–Crippen LogP) is 2.76. The van der Waals surface area contributed by atoms with Crippen LogP contribution in [0, 0.1) is 17.6 Å². The van der Waals surface area contributed by atoms with Crippen LogP contribution in [0.3, 0.4) is 0 Å². The van der Waals surface area contributed by atoms with Gasteiger partial charge in [0.05, 0.1) is 11.6 Å². The maximum Gasteiger partial charge on any atom is 0.227 e. The lowest BCUT2D eigenvalue weighted by Gasteiger charge is -2.18. The van der Waals surface area contributed by atoms with Crippen molar-refractivity contribution in [2.75, 3.05) is 22.9 Å². The summed E-state index contributed by atoms with van der Waals surface area (Å²) >= 11 is 0. The number of rotatable bonds is 5. The Balaban J connectivity index is 1.34. The van der Waals surface area contributed by atoms with Gasteiger partial charge in [-0.25, -0.2) is 8.78 Å². The first kappa shape index (κ1) is 20.0. The maximum absolute atomic E-state index is 14.0. The van der Waals surface area contributed by atoms with E-state index in [9.17, 15) is 23.2 Å². The summed E-state index contributed by atoms with van der Waals surface area (Å²) in [5, 5.41) is 2.80. The number of benzene rings is 2. The highest BCUT2D eigenvalue weighted by molar-refractivity contribution is 6.00. The van der Waals surface area contributed by atoms with Gasteiger partial charge in [-0.3, -0.25) is 14.4 Å². The average Bonchev–Trinajstić information content (AvgIpc) is 3.32. The highest BCUT2D eigenvalue weighted by atomic mass is 19.1. The summed E-state index contributed by atoms with van der Waals surface area (Å²) in [6.07, 6.45) is 1.39. The normalized spacial score (nSPS) is 18.9. The number of nitrogens with zero attached hydrogens (tertiary/aromatic N) is 2. The molecule has 30 heavy (non-hydrogen) atoms. The van der Waals surface area contributed by atoms with Crippen molar-refractivity contribution in [2.45, 2.75) is 25.8 Å². The van der Waals surface area contributed by atoms with Gasteiger partial charge in [-0.1, -0.05) is 12.1 Å². The fourth-order valence-electron chi connectivity index (χ4n) is 3.86. The Bertz CT molecular complexity index is 994. The Hall–Kier alpha value is -3.29. The van der Waals surface area contributed by atoms with Crippen molar-refractivity contribution in [1.82, 2.24) is 5.32 Å². The molecule has 2 aromatic carbocycles. The van der Waals surface area contributed by atoms with Crippen molar-refractivity contribution >= 4 is 29.1 Å².